The van der Waals surface area contributed by atoms with Crippen molar-refractivity contribution in [2.45, 2.75) is 64.4 Å². The summed E-state index contributed by atoms with van der Waals surface area (Å²) in [5.41, 5.74) is 4.08. The number of ether oxygens (including phenoxy) is 1. The molecule has 2 unspecified atom stereocenters. The van der Waals surface area contributed by atoms with Gasteiger partial charge in [-0.2, -0.15) is 0 Å². The van der Waals surface area contributed by atoms with E-state index in [0.29, 0.717) is 5.92 Å². The third kappa shape index (κ3) is 3.15. The van der Waals surface area contributed by atoms with Gasteiger partial charge in [0.1, 0.15) is 11.4 Å². The van der Waals surface area contributed by atoms with Crippen LogP contribution in [0.4, 0.5) is 0 Å². The molecule has 0 spiro atoms. The summed E-state index contributed by atoms with van der Waals surface area (Å²) in [5.74, 6) is 1.61. The molecule has 0 aliphatic heterocycles. The fourth-order valence-electron chi connectivity index (χ4n) is 3.75. The van der Waals surface area contributed by atoms with Crippen molar-refractivity contribution < 1.29 is 4.74 Å². The first-order chi connectivity index (χ1) is 11.2. The Morgan fingerprint density at radius 2 is 1.78 bits per heavy atom. The monoisotopic (exact) mass is 308 g/mol. The van der Waals surface area contributed by atoms with Crippen molar-refractivity contribution >= 4 is 0 Å². The summed E-state index contributed by atoms with van der Waals surface area (Å²) in [7, 11) is 0. The topological polar surface area (TPSA) is 9.23 Å². The van der Waals surface area contributed by atoms with Crippen molar-refractivity contribution in [2.75, 3.05) is 0 Å². The summed E-state index contributed by atoms with van der Waals surface area (Å²) in [6.07, 6.45) is 5.67. The molecule has 0 saturated carbocycles. The summed E-state index contributed by atoms with van der Waals surface area (Å²) < 4.78 is 6.59. The molecular formula is C22H28O. The SMILES string of the molecule is CCC(C)c1ccc(OC2(CC)CCCc3ccccc32)cc1. The second kappa shape index (κ2) is 6.78. The van der Waals surface area contributed by atoms with Gasteiger partial charge >= 0.3 is 0 Å². The third-order valence-corrected chi connectivity index (χ3v) is 5.48. The van der Waals surface area contributed by atoms with E-state index >= 15 is 0 Å². The first kappa shape index (κ1) is 16.1. The van der Waals surface area contributed by atoms with Gasteiger partial charge in [-0.25, -0.2) is 0 Å². The zero-order chi connectivity index (χ0) is 16.3. The molecule has 0 bridgehead atoms. The lowest BCUT2D eigenvalue weighted by atomic mass is 9.77. The first-order valence-corrected chi connectivity index (χ1v) is 9.06. The Morgan fingerprint density at radius 3 is 2.48 bits per heavy atom. The smallest absolute Gasteiger partial charge is 0.134 e. The molecule has 2 aromatic rings. The number of rotatable bonds is 5. The van der Waals surface area contributed by atoms with E-state index in [9.17, 15) is 0 Å². The quantitative estimate of drug-likeness (QED) is 0.637. The minimum atomic E-state index is -0.160. The van der Waals surface area contributed by atoms with Crippen LogP contribution in [-0.2, 0) is 12.0 Å². The van der Waals surface area contributed by atoms with E-state index in [-0.39, 0.29) is 5.60 Å². The molecule has 3 rings (SSSR count). The van der Waals surface area contributed by atoms with Gasteiger partial charge in [-0.05, 0) is 66.8 Å². The maximum absolute atomic E-state index is 6.59. The molecule has 0 fully saturated rings. The largest absolute Gasteiger partial charge is 0.483 e. The highest BCUT2D eigenvalue weighted by molar-refractivity contribution is 5.37. The van der Waals surface area contributed by atoms with Crippen molar-refractivity contribution in [1.82, 2.24) is 0 Å². The lowest BCUT2D eigenvalue weighted by Crippen LogP contribution is -2.36. The summed E-state index contributed by atoms with van der Waals surface area (Å²) in [6.45, 7) is 6.76. The lowest BCUT2D eigenvalue weighted by Gasteiger charge is -2.39. The number of hydrogen-bond acceptors (Lipinski definition) is 1. The van der Waals surface area contributed by atoms with Gasteiger partial charge in [0.25, 0.3) is 0 Å². The normalized spacial score (nSPS) is 21.5. The molecule has 0 aromatic heterocycles. The number of fused-ring (bicyclic) bond motifs is 1. The van der Waals surface area contributed by atoms with Gasteiger partial charge in [-0.1, -0.05) is 57.2 Å². The second-order valence-electron chi connectivity index (χ2n) is 6.84. The Labute approximate surface area is 140 Å². The van der Waals surface area contributed by atoms with Gasteiger partial charge in [0.15, 0.2) is 0 Å². The molecular weight excluding hydrogens is 280 g/mol. The molecule has 23 heavy (non-hydrogen) atoms. The van der Waals surface area contributed by atoms with E-state index in [2.05, 4.69) is 69.3 Å². The highest BCUT2D eigenvalue weighted by Crippen LogP contribution is 2.41. The third-order valence-electron chi connectivity index (χ3n) is 5.48. The van der Waals surface area contributed by atoms with Gasteiger partial charge in [0.2, 0.25) is 0 Å². The van der Waals surface area contributed by atoms with Crippen molar-refractivity contribution in [2.24, 2.45) is 0 Å². The van der Waals surface area contributed by atoms with Crippen LogP contribution in [-0.4, -0.2) is 0 Å². The second-order valence-corrected chi connectivity index (χ2v) is 6.84. The fraction of sp³-hybridized carbons (Fsp3) is 0.455. The van der Waals surface area contributed by atoms with E-state index in [1.165, 1.54) is 36.0 Å². The summed E-state index contributed by atoms with van der Waals surface area (Å²) >= 11 is 0. The molecule has 1 heteroatoms. The average molecular weight is 308 g/mol. The number of hydrogen-bond donors (Lipinski definition) is 0. The standard InChI is InChI=1S/C22H28O/c1-4-17(3)18-12-14-20(15-13-18)23-22(5-2)16-8-10-19-9-6-7-11-21(19)22/h6-7,9,11-15,17H,4-5,8,10,16H2,1-3H3. The van der Waals surface area contributed by atoms with Gasteiger partial charge in [-0.3, -0.25) is 0 Å². The molecule has 0 radical (unpaired) electrons. The van der Waals surface area contributed by atoms with Crippen LogP contribution < -0.4 is 4.74 Å². The van der Waals surface area contributed by atoms with Crippen molar-refractivity contribution in [1.29, 1.82) is 0 Å². The van der Waals surface area contributed by atoms with Gasteiger partial charge in [0.05, 0.1) is 0 Å². The predicted molar refractivity (Wildman–Crippen MR) is 97.1 cm³/mol. The highest BCUT2D eigenvalue weighted by Gasteiger charge is 2.36. The molecule has 1 nitrogen and oxygen atoms in total. The highest BCUT2D eigenvalue weighted by atomic mass is 16.5. The molecule has 1 aliphatic rings. The minimum Gasteiger partial charge on any atom is -0.483 e. The van der Waals surface area contributed by atoms with Crippen LogP contribution in [0.1, 0.15) is 69.1 Å². The molecule has 0 amide bonds. The maximum atomic E-state index is 6.59. The summed E-state index contributed by atoms with van der Waals surface area (Å²) in [4.78, 5) is 0. The van der Waals surface area contributed by atoms with E-state index in [0.717, 1.165) is 18.6 Å². The molecule has 122 valence electrons. The fourth-order valence-corrected chi connectivity index (χ4v) is 3.75. The Bertz CT molecular complexity index is 643. The molecule has 0 N–H and O–H groups in total. The Balaban J connectivity index is 1.88. The summed E-state index contributed by atoms with van der Waals surface area (Å²) in [6, 6.07) is 17.5. The van der Waals surface area contributed by atoms with Crippen molar-refractivity contribution in [3.05, 3.63) is 65.2 Å². The van der Waals surface area contributed by atoms with E-state index in [1.54, 1.807) is 0 Å². The van der Waals surface area contributed by atoms with Crippen LogP contribution in [0.2, 0.25) is 0 Å². The Morgan fingerprint density at radius 1 is 1.04 bits per heavy atom. The van der Waals surface area contributed by atoms with Crippen molar-refractivity contribution in [3.63, 3.8) is 0 Å². The van der Waals surface area contributed by atoms with Crippen LogP contribution >= 0.6 is 0 Å². The van der Waals surface area contributed by atoms with Crippen LogP contribution in [0.5, 0.6) is 5.75 Å². The molecule has 0 heterocycles. The summed E-state index contributed by atoms with van der Waals surface area (Å²) in [5, 5.41) is 0. The van der Waals surface area contributed by atoms with Gasteiger partial charge < -0.3 is 4.74 Å². The first-order valence-electron chi connectivity index (χ1n) is 9.06. The zero-order valence-electron chi connectivity index (χ0n) is 14.6. The zero-order valence-corrected chi connectivity index (χ0v) is 14.6. The maximum Gasteiger partial charge on any atom is 0.134 e. The molecule has 0 saturated heterocycles. The average Bonchev–Trinajstić information content (AvgIpc) is 2.62. The van der Waals surface area contributed by atoms with Crippen LogP contribution in [0.3, 0.4) is 0 Å². The molecule has 2 atom stereocenters. The van der Waals surface area contributed by atoms with Gasteiger partial charge in [0, 0.05) is 0 Å². The Kier molecular flexibility index (Phi) is 4.75. The van der Waals surface area contributed by atoms with Crippen LogP contribution in [0, 0.1) is 0 Å². The predicted octanol–water partition coefficient (Wildman–Crippen LogP) is 6.22. The van der Waals surface area contributed by atoms with Crippen LogP contribution in [0.25, 0.3) is 0 Å². The minimum absolute atomic E-state index is 0.160. The van der Waals surface area contributed by atoms with E-state index < -0.39 is 0 Å². The molecule has 1 aliphatic carbocycles. The van der Waals surface area contributed by atoms with E-state index in [1.807, 2.05) is 0 Å². The van der Waals surface area contributed by atoms with E-state index in [4.69, 9.17) is 4.74 Å². The number of benzene rings is 2. The lowest BCUT2D eigenvalue weighted by molar-refractivity contribution is 0.0429. The molecule has 2 aromatic carbocycles. The number of aryl methyl sites for hydroxylation is 1. The van der Waals surface area contributed by atoms with Crippen LogP contribution in [0.15, 0.2) is 48.5 Å². The van der Waals surface area contributed by atoms with Gasteiger partial charge in [-0.15, -0.1) is 0 Å². The van der Waals surface area contributed by atoms with Crippen molar-refractivity contribution in [3.8, 4) is 5.75 Å². The Hall–Kier alpha value is -1.76.